The average molecular weight is 363 g/mol. The van der Waals surface area contributed by atoms with Crippen molar-refractivity contribution in [3.05, 3.63) is 54.6 Å². The molecule has 2 aromatic carbocycles. The van der Waals surface area contributed by atoms with Crippen LogP contribution in [-0.4, -0.2) is 33.6 Å². The summed E-state index contributed by atoms with van der Waals surface area (Å²) in [5.41, 5.74) is 0. The van der Waals surface area contributed by atoms with Gasteiger partial charge in [0.2, 0.25) is 0 Å². The van der Waals surface area contributed by atoms with Gasteiger partial charge in [-0.05, 0) is 37.6 Å². The van der Waals surface area contributed by atoms with Crippen LogP contribution in [0.4, 0.5) is 0 Å². The molecule has 0 aliphatic heterocycles. The highest BCUT2D eigenvalue weighted by atomic mass is 32.2. The van der Waals surface area contributed by atoms with Crippen molar-refractivity contribution in [2.45, 2.75) is 30.5 Å². The number of benzene rings is 2. The van der Waals surface area contributed by atoms with Crippen molar-refractivity contribution in [3.8, 4) is 11.5 Å². The van der Waals surface area contributed by atoms with Crippen molar-refractivity contribution in [2.75, 3.05) is 19.8 Å². The van der Waals surface area contributed by atoms with Gasteiger partial charge in [-0.15, -0.1) is 0 Å². The van der Waals surface area contributed by atoms with E-state index in [2.05, 4.69) is 5.32 Å². The molecule has 0 aliphatic carbocycles. The van der Waals surface area contributed by atoms with Crippen LogP contribution in [0.2, 0.25) is 0 Å². The zero-order chi connectivity index (χ0) is 18.1. The molecule has 0 aromatic heterocycles. The van der Waals surface area contributed by atoms with Crippen LogP contribution in [0.3, 0.4) is 0 Å². The lowest BCUT2D eigenvalue weighted by molar-refractivity contribution is 0.274. The van der Waals surface area contributed by atoms with Gasteiger partial charge >= 0.3 is 0 Å². The first-order valence-electron chi connectivity index (χ1n) is 8.46. The summed E-state index contributed by atoms with van der Waals surface area (Å²) in [4.78, 5) is 0.331. The summed E-state index contributed by atoms with van der Waals surface area (Å²) in [6.45, 7) is 5.10. The fourth-order valence-electron chi connectivity index (χ4n) is 2.47. The molecule has 0 aliphatic rings. The van der Waals surface area contributed by atoms with Gasteiger partial charge in [-0.1, -0.05) is 37.3 Å². The van der Waals surface area contributed by atoms with Gasteiger partial charge in [-0.25, -0.2) is 8.42 Å². The van der Waals surface area contributed by atoms with Crippen LogP contribution in [0.15, 0.2) is 59.5 Å². The number of rotatable bonds is 10. The third kappa shape index (κ3) is 5.21. The molecule has 0 saturated carbocycles. The van der Waals surface area contributed by atoms with Crippen molar-refractivity contribution in [1.82, 2.24) is 5.32 Å². The SMILES string of the molecule is CCOc1ccccc1OCCNC(CC)S(=O)(=O)c1ccccc1. The number of hydrogen-bond donors (Lipinski definition) is 1. The Bertz CT molecular complexity index is 747. The fraction of sp³-hybridized carbons (Fsp3) is 0.368. The number of hydrogen-bond acceptors (Lipinski definition) is 5. The summed E-state index contributed by atoms with van der Waals surface area (Å²) in [6, 6.07) is 15.9. The Morgan fingerprint density at radius 2 is 1.52 bits per heavy atom. The maximum Gasteiger partial charge on any atom is 0.194 e. The molecule has 6 heteroatoms. The zero-order valence-corrected chi connectivity index (χ0v) is 15.5. The Morgan fingerprint density at radius 3 is 2.12 bits per heavy atom. The molecular weight excluding hydrogens is 338 g/mol. The van der Waals surface area contributed by atoms with Gasteiger partial charge in [-0.3, -0.25) is 5.32 Å². The van der Waals surface area contributed by atoms with Crippen LogP contribution in [0.25, 0.3) is 0 Å². The molecule has 1 atom stereocenters. The molecule has 1 unspecified atom stereocenters. The van der Waals surface area contributed by atoms with E-state index in [4.69, 9.17) is 9.47 Å². The second-order valence-electron chi connectivity index (χ2n) is 5.44. The first-order valence-corrected chi connectivity index (χ1v) is 10.0. The molecule has 0 radical (unpaired) electrons. The summed E-state index contributed by atoms with van der Waals surface area (Å²) in [5.74, 6) is 1.35. The van der Waals surface area contributed by atoms with Gasteiger partial charge in [0.15, 0.2) is 21.3 Å². The molecule has 2 rings (SSSR count). The van der Waals surface area contributed by atoms with Gasteiger partial charge in [0, 0.05) is 6.54 Å². The van der Waals surface area contributed by atoms with Crippen molar-refractivity contribution in [1.29, 1.82) is 0 Å². The van der Waals surface area contributed by atoms with Crippen molar-refractivity contribution >= 4 is 9.84 Å². The molecule has 0 bridgehead atoms. The third-order valence-electron chi connectivity index (χ3n) is 3.70. The van der Waals surface area contributed by atoms with Crippen molar-refractivity contribution in [3.63, 3.8) is 0 Å². The maximum absolute atomic E-state index is 12.6. The lowest BCUT2D eigenvalue weighted by Gasteiger charge is -2.18. The Hall–Kier alpha value is -2.05. The minimum absolute atomic E-state index is 0.331. The minimum Gasteiger partial charge on any atom is -0.490 e. The van der Waals surface area contributed by atoms with E-state index in [1.807, 2.05) is 38.1 Å². The molecule has 0 heterocycles. The monoisotopic (exact) mass is 363 g/mol. The smallest absolute Gasteiger partial charge is 0.194 e. The van der Waals surface area contributed by atoms with Crippen molar-refractivity contribution < 1.29 is 17.9 Å². The largest absolute Gasteiger partial charge is 0.490 e. The van der Waals surface area contributed by atoms with E-state index in [1.165, 1.54) is 0 Å². The summed E-state index contributed by atoms with van der Waals surface area (Å²) >= 11 is 0. The molecule has 1 N–H and O–H groups in total. The van der Waals surface area contributed by atoms with Crippen LogP contribution in [0.1, 0.15) is 20.3 Å². The Balaban J connectivity index is 1.92. The molecular formula is C19H25NO4S. The maximum atomic E-state index is 12.6. The summed E-state index contributed by atoms with van der Waals surface area (Å²) in [7, 11) is -3.40. The van der Waals surface area contributed by atoms with E-state index in [9.17, 15) is 8.42 Å². The highest BCUT2D eigenvalue weighted by molar-refractivity contribution is 7.92. The molecule has 136 valence electrons. The van der Waals surface area contributed by atoms with Crippen LogP contribution in [-0.2, 0) is 9.84 Å². The highest BCUT2D eigenvalue weighted by Gasteiger charge is 2.25. The van der Waals surface area contributed by atoms with Crippen LogP contribution >= 0.6 is 0 Å². The second-order valence-corrected chi connectivity index (χ2v) is 7.57. The van der Waals surface area contributed by atoms with E-state index in [0.29, 0.717) is 42.6 Å². The number of ether oxygens (including phenoxy) is 2. The highest BCUT2D eigenvalue weighted by Crippen LogP contribution is 2.26. The van der Waals surface area contributed by atoms with Crippen LogP contribution < -0.4 is 14.8 Å². The Morgan fingerprint density at radius 1 is 0.920 bits per heavy atom. The number of sulfone groups is 1. The summed E-state index contributed by atoms with van der Waals surface area (Å²) < 4.78 is 36.5. The van der Waals surface area contributed by atoms with Gasteiger partial charge < -0.3 is 9.47 Å². The van der Waals surface area contributed by atoms with Gasteiger partial charge in [0.1, 0.15) is 12.0 Å². The Labute approximate surface area is 149 Å². The molecule has 25 heavy (non-hydrogen) atoms. The third-order valence-corrected chi connectivity index (χ3v) is 5.88. The molecule has 2 aromatic rings. The minimum atomic E-state index is -3.40. The number of nitrogens with one attached hydrogen (secondary N) is 1. The first-order chi connectivity index (χ1) is 12.1. The van der Waals surface area contributed by atoms with Gasteiger partial charge in [-0.2, -0.15) is 0 Å². The van der Waals surface area contributed by atoms with E-state index < -0.39 is 15.2 Å². The quantitative estimate of drug-likeness (QED) is 0.657. The standard InChI is InChI=1S/C19H25NO4S/c1-3-19(25(21,22)16-10-6-5-7-11-16)20-14-15-24-18-13-9-8-12-17(18)23-4-2/h5-13,19-20H,3-4,14-15H2,1-2H3. The molecule has 0 spiro atoms. The van der Waals surface area contributed by atoms with Crippen LogP contribution in [0, 0.1) is 0 Å². The van der Waals surface area contributed by atoms with E-state index >= 15 is 0 Å². The van der Waals surface area contributed by atoms with Gasteiger partial charge in [0.05, 0.1) is 11.5 Å². The molecule has 0 saturated heterocycles. The zero-order valence-electron chi connectivity index (χ0n) is 14.6. The lowest BCUT2D eigenvalue weighted by atomic mass is 10.3. The second kappa shape index (κ2) is 9.44. The Kier molecular flexibility index (Phi) is 7.28. The number of para-hydroxylation sites is 2. The summed E-state index contributed by atoms with van der Waals surface area (Å²) in [5, 5.41) is 2.44. The van der Waals surface area contributed by atoms with Crippen molar-refractivity contribution in [2.24, 2.45) is 0 Å². The first kappa shape index (κ1) is 19.3. The lowest BCUT2D eigenvalue weighted by Crippen LogP contribution is -2.38. The fourth-order valence-corrected chi connectivity index (χ4v) is 4.11. The summed E-state index contributed by atoms with van der Waals surface area (Å²) in [6.07, 6.45) is 0.479. The van der Waals surface area contributed by atoms with E-state index in [-0.39, 0.29) is 0 Å². The predicted octanol–water partition coefficient (Wildman–Crippen LogP) is 3.26. The topological polar surface area (TPSA) is 64.6 Å². The predicted molar refractivity (Wildman–Crippen MR) is 98.8 cm³/mol. The van der Waals surface area contributed by atoms with E-state index in [0.717, 1.165) is 0 Å². The molecule has 0 amide bonds. The van der Waals surface area contributed by atoms with E-state index in [1.54, 1.807) is 30.3 Å². The molecule has 5 nitrogen and oxygen atoms in total. The van der Waals surface area contributed by atoms with Gasteiger partial charge in [0.25, 0.3) is 0 Å². The molecule has 0 fully saturated rings. The van der Waals surface area contributed by atoms with Crippen LogP contribution in [0.5, 0.6) is 11.5 Å². The normalized spacial score (nSPS) is 12.6. The average Bonchev–Trinajstić information content (AvgIpc) is 2.64.